The van der Waals surface area contributed by atoms with Gasteiger partial charge in [0.15, 0.2) is 0 Å². The fourth-order valence-electron chi connectivity index (χ4n) is 1.89. The summed E-state index contributed by atoms with van der Waals surface area (Å²) in [5.41, 5.74) is 4.90. The molecule has 0 radical (unpaired) electrons. The first kappa shape index (κ1) is 18.5. The molecule has 0 bridgehead atoms. The van der Waals surface area contributed by atoms with Gasteiger partial charge in [0, 0.05) is 5.69 Å². The Hall–Kier alpha value is -2.80. The van der Waals surface area contributed by atoms with Crippen LogP contribution < -0.4 is 10.7 Å². The van der Waals surface area contributed by atoms with Crippen molar-refractivity contribution in [3.05, 3.63) is 59.7 Å². The number of anilines is 1. The van der Waals surface area contributed by atoms with Gasteiger partial charge in [-0.1, -0.05) is 29.8 Å². The van der Waals surface area contributed by atoms with Crippen LogP contribution in [0.2, 0.25) is 0 Å². The van der Waals surface area contributed by atoms with Crippen molar-refractivity contribution in [2.45, 2.75) is 6.92 Å². The first-order valence-electron chi connectivity index (χ1n) is 7.58. The van der Waals surface area contributed by atoms with E-state index < -0.39 is 0 Å². The lowest BCUT2D eigenvalue weighted by molar-refractivity contribution is -0.118. The van der Waals surface area contributed by atoms with Gasteiger partial charge in [0.1, 0.15) is 5.75 Å². The second kappa shape index (κ2) is 9.48. The highest BCUT2D eigenvalue weighted by atomic mass is 32.2. The van der Waals surface area contributed by atoms with Crippen molar-refractivity contribution in [3.8, 4) is 5.75 Å². The average molecular weight is 357 g/mol. The summed E-state index contributed by atoms with van der Waals surface area (Å²) in [5.74, 6) is -0.0316. The van der Waals surface area contributed by atoms with E-state index >= 15 is 0 Å². The van der Waals surface area contributed by atoms with Crippen molar-refractivity contribution in [2.75, 3.05) is 16.8 Å². The molecule has 130 valence electrons. The molecule has 6 nitrogen and oxygen atoms in total. The Morgan fingerprint density at radius 2 is 1.84 bits per heavy atom. The molecule has 0 fully saturated rings. The number of hydrazone groups is 1. The van der Waals surface area contributed by atoms with Crippen molar-refractivity contribution in [3.63, 3.8) is 0 Å². The predicted molar refractivity (Wildman–Crippen MR) is 101 cm³/mol. The van der Waals surface area contributed by atoms with Gasteiger partial charge in [-0.2, -0.15) is 5.10 Å². The smallest absolute Gasteiger partial charge is 0.250 e. The number of rotatable bonds is 7. The number of nitrogens with zero attached hydrogens (tertiary/aromatic N) is 1. The molecule has 0 atom stereocenters. The lowest BCUT2D eigenvalue weighted by Crippen LogP contribution is -2.21. The lowest BCUT2D eigenvalue weighted by atomic mass is 10.2. The van der Waals surface area contributed by atoms with Crippen molar-refractivity contribution in [1.29, 1.82) is 0 Å². The van der Waals surface area contributed by atoms with Gasteiger partial charge in [-0.25, -0.2) is 5.43 Å². The molecule has 2 aromatic rings. The number of nitrogens with one attached hydrogen (secondary N) is 2. The summed E-state index contributed by atoms with van der Waals surface area (Å²) in [5, 5.41) is 15.9. The minimum atomic E-state index is -0.301. The van der Waals surface area contributed by atoms with E-state index in [9.17, 15) is 14.7 Å². The fourth-order valence-corrected chi connectivity index (χ4v) is 2.50. The van der Waals surface area contributed by atoms with Crippen LogP contribution in [-0.4, -0.2) is 34.6 Å². The molecule has 2 amide bonds. The third-order valence-electron chi connectivity index (χ3n) is 3.07. The number of aromatic hydroxyl groups is 1. The maximum absolute atomic E-state index is 11.8. The highest BCUT2D eigenvalue weighted by Crippen LogP contribution is 2.10. The molecular formula is C18H19N3O3S. The molecule has 2 rings (SSSR count). The number of carbonyl (C=O) groups is 2. The molecule has 0 saturated heterocycles. The molecule has 7 heteroatoms. The molecule has 2 aromatic carbocycles. The number of benzene rings is 2. The fraction of sp³-hybridized carbons (Fsp3) is 0.167. The highest BCUT2D eigenvalue weighted by molar-refractivity contribution is 8.00. The number of phenolic OH excluding ortho intramolecular Hbond substituents is 1. The summed E-state index contributed by atoms with van der Waals surface area (Å²) in [4.78, 5) is 23.4. The monoisotopic (exact) mass is 357 g/mol. The zero-order valence-electron chi connectivity index (χ0n) is 13.7. The van der Waals surface area contributed by atoms with Gasteiger partial charge in [-0.3, -0.25) is 9.59 Å². The second-order valence-electron chi connectivity index (χ2n) is 5.30. The van der Waals surface area contributed by atoms with Gasteiger partial charge in [0.05, 0.1) is 17.7 Å². The molecule has 0 saturated carbocycles. The minimum absolute atomic E-state index is 0.124. The first-order valence-corrected chi connectivity index (χ1v) is 8.73. The highest BCUT2D eigenvalue weighted by Gasteiger charge is 2.05. The Labute approximate surface area is 150 Å². The maximum atomic E-state index is 11.8. The number of thioether (sulfide) groups is 1. The quantitative estimate of drug-likeness (QED) is 0.525. The van der Waals surface area contributed by atoms with Gasteiger partial charge >= 0.3 is 0 Å². The van der Waals surface area contributed by atoms with Gasteiger partial charge in [-0.15, -0.1) is 11.8 Å². The number of hydrogen-bond acceptors (Lipinski definition) is 5. The van der Waals surface area contributed by atoms with E-state index in [-0.39, 0.29) is 29.1 Å². The summed E-state index contributed by atoms with van der Waals surface area (Å²) in [7, 11) is 0. The summed E-state index contributed by atoms with van der Waals surface area (Å²) in [6.07, 6.45) is 1.44. The number of phenols is 1. The van der Waals surface area contributed by atoms with E-state index in [1.807, 2.05) is 31.2 Å². The molecule has 0 aliphatic heterocycles. The van der Waals surface area contributed by atoms with Crippen molar-refractivity contribution >= 4 is 35.5 Å². The molecule has 0 heterocycles. The van der Waals surface area contributed by atoms with Gasteiger partial charge in [-0.05, 0) is 36.8 Å². The van der Waals surface area contributed by atoms with Crippen LogP contribution in [0.25, 0.3) is 0 Å². The Morgan fingerprint density at radius 1 is 1.12 bits per heavy atom. The molecule has 0 aliphatic carbocycles. The van der Waals surface area contributed by atoms with Crippen LogP contribution >= 0.6 is 11.8 Å². The topological polar surface area (TPSA) is 90.8 Å². The van der Waals surface area contributed by atoms with E-state index in [2.05, 4.69) is 15.8 Å². The summed E-state index contributed by atoms with van der Waals surface area (Å²) in [6, 6.07) is 14.0. The molecule has 0 aromatic heterocycles. The van der Waals surface area contributed by atoms with E-state index in [1.54, 1.807) is 18.2 Å². The predicted octanol–water partition coefficient (Wildman–Crippen LogP) is 2.52. The lowest BCUT2D eigenvalue weighted by Gasteiger charge is -2.05. The number of aryl methyl sites for hydroxylation is 1. The van der Waals surface area contributed by atoms with E-state index in [0.29, 0.717) is 5.56 Å². The Bertz CT molecular complexity index is 760. The molecule has 3 N–H and O–H groups in total. The summed E-state index contributed by atoms with van der Waals surface area (Å²) >= 11 is 1.20. The number of carbonyl (C=O) groups excluding carboxylic acids is 2. The van der Waals surface area contributed by atoms with E-state index in [1.165, 1.54) is 24.0 Å². The van der Waals surface area contributed by atoms with Crippen molar-refractivity contribution in [1.82, 2.24) is 5.43 Å². The molecule has 0 aliphatic rings. The van der Waals surface area contributed by atoms with Crippen LogP contribution in [0.3, 0.4) is 0 Å². The van der Waals surface area contributed by atoms with Crippen LogP contribution in [0.1, 0.15) is 11.1 Å². The van der Waals surface area contributed by atoms with Crippen LogP contribution in [0.5, 0.6) is 5.75 Å². The zero-order valence-corrected chi connectivity index (χ0v) is 14.5. The van der Waals surface area contributed by atoms with Gasteiger partial charge in [0.25, 0.3) is 0 Å². The molecule has 0 unspecified atom stereocenters. The zero-order chi connectivity index (χ0) is 18.1. The van der Waals surface area contributed by atoms with E-state index in [4.69, 9.17) is 0 Å². The van der Waals surface area contributed by atoms with Crippen LogP contribution in [0, 0.1) is 6.92 Å². The third-order valence-corrected chi connectivity index (χ3v) is 4.01. The molecule has 0 spiro atoms. The largest absolute Gasteiger partial charge is 0.508 e. The Morgan fingerprint density at radius 3 is 2.56 bits per heavy atom. The van der Waals surface area contributed by atoms with Gasteiger partial charge < -0.3 is 10.4 Å². The maximum Gasteiger partial charge on any atom is 0.250 e. The minimum Gasteiger partial charge on any atom is -0.508 e. The number of amides is 2. The Balaban J connectivity index is 1.66. The van der Waals surface area contributed by atoms with Crippen LogP contribution in [0.4, 0.5) is 5.69 Å². The van der Waals surface area contributed by atoms with Crippen molar-refractivity contribution < 1.29 is 14.7 Å². The average Bonchev–Trinajstić information content (AvgIpc) is 2.57. The third kappa shape index (κ3) is 7.09. The first-order chi connectivity index (χ1) is 12.0. The van der Waals surface area contributed by atoms with Crippen LogP contribution in [0.15, 0.2) is 53.6 Å². The normalized spacial score (nSPS) is 10.6. The second-order valence-corrected chi connectivity index (χ2v) is 6.28. The van der Waals surface area contributed by atoms with E-state index in [0.717, 1.165) is 11.3 Å². The molecular weight excluding hydrogens is 338 g/mol. The standard InChI is InChI=1S/C18H19N3O3S/c1-13-5-7-15(8-6-13)20-17(23)11-25-12-18(24)21-19-10-14-3-2-4-16(22)9-14/h2-10,22H,11-12H2,1H3,(H,20,23)(H,21,24). The van der Waals surface area contributed by atoms with Gasteiger partial charge in [0.2, 0.25) is 11.8 Å². The Kier molecular flexibility index (Phi) is 7.03. The molecule has 25 heavy (non-hydrogen) atoms. The number of hydrogen-bond donors (Lipinski definition) is 3. The van der Waals surface area contributed by atoms with Crippen molar-refractivity contribution in [2.24, 2.45) is 5.10 Å². The van der Waals surface area contributed by atoms with Crippen LogP contribution in [-0.2, 0) is 9.59 Å². The SMILES string of the molecule is Cc1ccc(NC(=O)CSCC(=O)NN=Cc2cccc(O)c2)cc1. The summed E-state index contributed by atoms with van der Waals surface area (Å²) in [6.45, 7) is 1.98. The summed E-state index contributed by atoms with van der Waals surface area (Å²) < 4.78 is 0.